The number of amides is 1. The van der Waals surface area contributed by atoms with Gasteiger partial charge in [-0.2, -0.15) is 0 Å². The van der Waals surface area contributed by atoms with Gasteiger partial charge in [0.25, 0.3) is 5.91 Å². The molecule has 3 fully saturated rings. The van der Waals surface area contributed by atoms with Gasteiger partial charge in [-0.15, -0.1) is 0 Å². The fourth-order valence-corrected chi connectivity index (χ4v) is 6.64. The minimum atomic E-state index is -0.684. The minimum Gasteiger partial charge on any atom is -0.483 e. The van der Waals surface area contributed by atoms with Gasteiger partial charge in [0.2, 0.25) is 5.43 Å². The lowest BCUT2D eigenvalue weighted by atomic mass is 9.93. The van der Waals surface area contributed by atoms with Gasteiger partial charge in [0.05, 0.1) is 12.6 Å². The number of hydrogen-bond donors (Lipinski definition) is 0. The highest BCUT2D eigenvalue weighted by Gasteiger charge is 2.70. The summed E-state index contributed by atoms with van der Waals surface area (Å²) in [7, 11) is 0. The van der Waals surface area contributed by atoms with E-state index in [2.05, 4.69) is 6.92 Å². The zero-order valence-corrected chi connectivity index (χ0v) is 18.2. The van der Waals surface area contributed by atoms with Gasteiger partial charge in [-0.05, 0) is 42.6 Å². The summed E-state index contributed by atoms with van der Waals surface area (Å²) in [6.45, 7) is 4.86. The molecule has 166 valence electrons. The van der Waals surface area contributed by atoms with Gasteiger partial charge in [0.1, 0.15) is 12.2 Å². The first-order valence-electron chi connectivity index (χ1n) is 11.4. The Bertz CT molecular complexity index is 1170. The second kappa shape index (κ2) is 6.95. The third-order valence-electron chi connectivity index (χ3n) is 7.96. The van der Waals surface area contributed by atoms with Crippen LogP contribution in [0.5, 0.6) is 5.75 Å². The van der Waals surface area contributed by atoms with E-state index in [1.165, 1.54) is 6.20 Å². The Kier molecular flexibility index (Phi) is 4.26. The molecule has 0 spiro atoms. The van der Waals surface area contributed by atoms with Crippen molar-refractivity contribution in [3.63, 3.8) is 0 Å². The summed E-state index contributed by atoms with van der Waals surface area (Å²) in [5.74, 6) is 1.56. The zero-order valence-electron chi connectivity index (χ0n) is 18.2. The molecule has 7 nitrogen and oxygen atoms in total. The molecule has 1 aromatic heterocycles. The van der Waals surface area contributed by atoms with Crippen LogP contribution >= 0.6 is 0 Å². The van der Waals surface area contributed by atoms with E-state index >= 15 is 0 Å². The van der Waals surface area contributed by atoms with Crippen LogP contribution in [0.1, 0.15) is 46.7 Å². The van der Waals surface area contributed by atoms with E-state index < -0.39 is 11.4 Å². The van der Waals surface area contributed by atoms with E-state index in [-0.39, 0.29) is 48.2 Å². The number of ether oxygens (including phenoxy) is 2. The molecule has 2 aliphatic heterocycles. The Labute approximate surface area is 185 Å². The first kappa shape index (κ1) is 19.6. The summed E-state index contributed by atoms with van der Waals surface area (Å²) in [4.78, 5) is 41.6. The summed E-state index contributed by atoms with van der Waals surface area (Å²) in [5.41, 5.74) is 0.469. The van der Waals surface area contributed by atoms with Crippen molar-refractivity contribution in [2.45, 2.75) is 45.5 Å². The summed E-state index contributed by atoms with van der Waals surface area (Å²) in [5, 5.41) is 0. The first-order chi connectivity index (χ1) is 15.5. The van der Waals surface area contributed by atoms with Gasteiger partial charge in [0.15, 0.2) is 11.4 Å². The molecule has 0 N–H and O–H groups in total. The number of rotatable bonds is 5. The predicted octanol–water partition coefficient (Wildman–Crippen LogP) is 2.71. The maximum atomic E-state index is 13.7. The maximum absolute atomic E-state index is 13.7. The summed E-state index contributed by atoms with van der Waals surface area (Å²) in [6.07, 6.45) is 2.54. The van der Waals surface area contributed by atoms with Crippen LogP contribution in [0.25, 0.3) is 0 Å². The Hall–Kier alpha value is -3.09. The molecule has 6 unspecified atom stereocenters. The van der Waals surface area contributed by atoms with Crippen LogP contribution in [-0.4, -0.2) is 40.0 Å². The van der Waals surface area contributed by atoms with Gasteiger partial charge in [0, 0.05) is 18.8 Å². The molecule has 7 heteroatoms. The van der Waals surface area contributed by atoms with Crippen LogP contribution < -0.4 is 10.2 Å². The summed E-state index contributed by atoms with van der Waals surface area (Å²) in [6, 6.07) is 9.84. The number of esters is 1. The molecule has 1 aromatic carbocycles. The highest BCUT2D eigenvalue weighted by molar-refractivity contribution is 5.98. The summed E-state index contributed by atoms with van der Waals surface area (Å²) >= 11 is 0. The number of carbonyl (C=O) groups is 2. The average Bonchev–Trinajstić information content (AvgIpc) is 3.14. The third kappa shape index (κ3) is 2.63. The smallest absolute Gasteiger partial charge is 0.343 e. The number of fused-ring (bicyclic) bond motifs is 9. The number of carbonyl (C=O) groups excluding carboxylic acids is 2. The van der Waals surface area contributed by atoms with Gasteiger partial charge in [-0.1, -0.05) is 37.3 Å². The normalized spacial score (nSPS) is 31.1. The number of aromatic nitrogens is 1. The highest BCUT2D eigenvalue weighted by Crippen LogP contribution is 2.67. The van der Waals surface area contributed by atoms with E-state index in [0.717, 1.165) is 12.0 Å². The fourth-order valence-electron chi connectivity index (χ4n) is 6.64. The van der Waals surface area contributed by atoms with Crippen molar-refractivity contribution in [1.82, 2.24) is 9.47 Å². The molecule has 2 aliphatic carbocycles. The molecular weight excluding hydrogens is 408 g/mol. The molecule has 0 radical (unpaired) electrons. The Morgan fingerprint density at radius 3 is 2.66 bits per heavy atom. The monoisotopic (exact) mass is 434 g/mol. The van der Waals surface area contributed by atoms with Crippen molar-refractivity contribution in [1.29, 1.82) is 0 Å². The van der Waals surface area contributed by atoms with E-state index in [9.17, 15) is 14.4 Å². The summed E-state index contributed by atoms with van der Waals surface area (Å²) < 4.78 is 12.8. The molecule has 1 amide bonds. The largest absolute Gasteiger partial charge is 0.483 e. The van der Waals surface area contributed by atoms with Crippen molar-refractivity contribution in [3.05, 3.63) is 63.6 Å². The van der Waals surface area contributed by atoms with Gasteiger partial charge in [-0.25, -0.2) is 4.79 Å². The van der Waals surface area contributed by atoms with Gasteiger partial charge in [-0.3, -0.25) is 9.59 Å². The van der Waals surface area contributed by atoms with Gasteiger partial charge >= 0.3 is 5.97 Å². The van der Waals surface area contributed by atoms with Crippen molar-refractivity contribution >= 4 is 11.9 Å². The molecular formula is C25H26N2O5. The van der Waals surface area contributed by atoms with Crippen LogP contribution in [0.3, 0.4) is 0 Å². The number of piperidine rings is 1. The molecule has 6 rings (SSSR count). The molecule has 2 saturated carbocycles. The lowest BCUT2D eigenvalue weighted by Gasteiger charge is -2.40. The topological polar surface area (TPSA) is 77.8 Å². The van der Waals surface area contributed by atoms with Crippen LogP contribution in [0.4, 0.5) is 0 Å². The number of benzene rings is 1. The van der Waals surface area contributed by atoms with Crippen molar-refractivity contribution in [2.24, 2.45) is 23.7 Å². The first-order valence-corrected chi connectivity index (χ1v) is 11.4. The van der Waals surface area contributed by atoms with Crippen LogP contribution in [0, 0.1) is 23.7 Å². The lowest BCUT2D eigenvalue weighted by Crippen LogP contribution is -2.53. The molecule has 1 saturated heterocycles. The molecule has 4 aliphatic rings. The molecule has 6 atom stereocenters. The maximum Gasteiger partial charge on any atom is 0.343 e. The van der Waals surface area contributed by atoms with E-state index in [1.54, 1.807) is 11.5 Å². The zero-order chi connectivity index (χ0) is 22.1. The highest BCUT2D eigenvalue weighted by atomic mass is 16.5. The molecule has 32 heavy (non-hydrogen) atoms. The van der Waals surface area contributed by atoms with Crippen LogP contribution in [0.2, 0.25) is 0 Å². The number of nitrogens with zero attached hydrogens (tertiary/aromatic N) is 2. The quantitative estimate of drug-likeness (QED) is 0.677. The fraction of sp³-hybridized carbons (Fsp3) is 0.480. The predicted molar refractivity (Wildman–Crippen MR) is 115 cm³/mol. The molecule has 2 aromatic rings. The van der Waals surface area contributed by atoms with E-state index in [1.807, 2.05) is 35.2 Å². The Morgan fingerprint density at radius 1 is 1.12 bits per heavy atom. The SMILES string of the molecule is CCOC(=O)c1cn2c(c(OCc3ccccc3)c1=O)C(=O)N1C(C2)C2CC1C1C(C)C21. The molecule has 3 heterocycles. The van der Waals surface area contributed by atoms with E-state index in [4.69, 9.17) is 9.47 Å². The Morgan fingerprint density at radius 2 is 1.91 bits per heavy atom. The van der Waals surface area contributed by atoms with Crippen molar-refractivity contribution in [3.8, 4) is 5.75 Å². The number of hydrogen-bond acceptors (Lipinski definition) is 5. The molecule has 2 bridgehead atoms. The number of pyridine rings is 1. The third-order valence-corrected chi connectivity index (χ3v) is 7.96. The van der Waals surface area contributed by atoms with Crippen molar-refractivity contribution < 1.29 is 19.1 Å². The van der Waals surface area contributed by atoms with Gasteiger partial charge < -0.3 is 18.9 Å². The Balaban J connectivity index is 1.43. The van der Waals surface area contributed by atoms with E-state index in [0.29, 0.717) is 30.2 Å². The van der Waals surface area contributed by atoms with Crippen LogP contribution in [0.15, 0.2) is 41.3 Å². The minimum absolute atomic E-state index is 0.0500. The standard InChI is InChI=1S/C25H26N2O5/c1-3-31-25(30)16-10-26-11-18-15-9-17(20-13(2)19(15)20)27(18)24(29)21(26)23(22(16)28)32-12-14-7-5-4-6-8-14/h4-8,10,13,15,17-20H,3,9,11-12H2,1-2H3. The van der Waals surface area contributed by atoms with Crippen molar-refractivity contribution in [2.75, 3.05) is 6.61 Å². The lowest BCUT2D eigenvalue weighted by molar-refractivity contribution is 0.0450. The average molecular weight is 434 g/mol. The second-order valence-corrected chi connectivity index (χ2v) is 9.46. The van der Waals surface area contributed by atoms with Crippen LogP contribution in [-0.2, 0) is 17.9 Å². The second-order valence-electron chi connectivity index (χ2n) is 9.46.